The second-order valence-electron chi connectivity index (χ2n) is 8.37. The van der Waals surface area contributed by atoms with Crippen LogP contribution >= 0.6 is 34.8 Å². The summed E-state index contributed by atoms with van der Waals surface area (Å²) in [4.78, 5) is 7.25. The molecule has 0 radical (unpaired) electrons. The Morgan fingerprint density at radius 3 is 2.39 bits per heavy atom. The number of aromatic nitrogens is 2. The smallest absolute Gasteiger partial charge is 0.243 e. The third kappa shape index (κ3) is 5.06. The molecule has 3 atom stereocenters. The minimum absolute atomic E-state index is 0.0211. The molecule has 3 unspecified atom stereocenters. The number of anilines is 1. The first kappa shape index (κ1) is 24.1. The molecule has 2 aromatic carbocycles. The molecule has 0 saturated carbocycles. The minimum Gasteiger partial charge on any atom is -0.423 e. The van der Waals surface area contributed by atoms with Gasteiger partial charge in [0.25, 0.3) is 0 Å². The summed E-state index contributed by atoms with van der Waals surface area (Å²) in [6.45, 7) is 6.44. The minimum atomic E-state index is -0.313. The van der Waals surface area contributed by atoms with Crippen LogP contribution in [0.15, 0.2) is 51.9 Å². The molecule has 1 aliphatic rings. The van der Waals surface area contributed by atoms with Gasteiger partial charge in [-0.25, -0.2) is 0 Å². The van der Waals surface area contributed by atoms with Crippen molar-refractivity contribution in [2.24, 2.45) is 4.99 Å². The summed E-state index contributed by atoms with van der Waals surface area (Å²) in [7, 11) is 0. The number of hydrogen-bond donors (Lipinski definition) is 0. The van der Waals surface area contributed by atoms with Gasteiger partial charge in [0.2, 0.25) is 11.8 Å². The maximum atomic E-state index is 6.60. The van der Waals surface area contributed by atoms with Crippen molar-refractivity contribution in [3.05, 3.63) is 74.9 Å². The summed E-state index contributed by atoms with van der Waals surface area (Å²) in [5, 5.41) is 10.5. The zero-order valence-electron chi connectivity index (χ0n) is 18.9. The van der Waals surface area contributed by atoms with Crippen LogP contribution in [0.3, 0.4) is 0 Å². The van der Waals surface area contributed by atoms with E-state index in [1.807, 2.05) is 36.4 Å². The highest BCUT2D eigenvalue weighted by Crippen LogP contribution is 2.40. The number of unbranched alkanes of at least 4 members (excludes halogenated alkanes) is 1. The van der Waals surface area contributed by atoms with Gasteiger partial charge >= 0.3 is 0 Å². The summed E-state index contributed by atoms with van der Waals surface area (Å²) in [6.07, 6.45) is 4.10. The zero-order chi connectivity index (χ0) is 23.5. The first-order valence-electron chi connectivity index (χ1n) is 11.3. The third-order valence-electron chi connectivity index (χ3n) is 6.00. The Labute approximate surface area is 209 Å². The molecule has 0 bridgehead atoms. The van der Waals surface area contributed by atoms with Crippen LogP contribution in [0, 0.1) is 0 Å². The number of benzene rings is 2. The van der Waals surface area contributed by atoms with E-state index < -0.39 is 0 Å². The van der Waals surface area contributed by atoms with Gasteiger partial charge in [0.15, 0.2) is 6.04 Å². The van der Waals surface area contributed by atoms with Crippen molar-refractivity contribution in [3.8, 4) is 0 Å². The number of hydrogen-bond acceptors (Lipinski definition) is 5. The maximum absolute atomic E-state index is 6.60. The van der Waals surface area contributed by atoms with Gasteiger partial charge < -0.3 is 9.32 Å². The molecule has 1 aliphatic heterocycles. The average molecular weight is 506 g/mol. The van der Waals surface area contributed by atoms with Gasteiger partial charge in [-0.1, -0.05) is 68.4 Å². The molecule has 1 aromatic heterocycles. The fraction of sp³-hybridized carbons (Fsp3) is 0.400. The van der Waals surface area contributed by atoms with Gasteiger partial charge in [0.1, 0.15) is 5.84 Å². The van der Waals surface area contributed by atoms with E-state index in [0.717, 1.165) is 42.8 Å². The van der Waals surface area contributed by atoms with E-state index in [2.05, 4.69) is 35.9 Å². The molecule has 174 valence electrons. The molecule has 33 heavy (non-hydrogen) atoms. The second-order valence-corrected chi connectivity index (χ2v) is 9.65. The zero-order valence-corrected chi connectivity index (χ0v) is 21.2. The Morgan fingerprint density at radius 1 is 1.00 bits per heavy atom. The van der Waals surface area contributed by atoms with Gasteiger partial charge in [-0.15, -0.1) is 10.2 Å². The summed E-state index contributed by atoms with van der Waals surface area (Å²) < 4.78 is 6.16. The lowest BCUT2D eigenvalue weighted by Gasteiger charge is -2.29. The number of rotatable bonds is 8. The molecule has 4 rings (SSSR count). The fourth-order valence-corrected chi connectivity index (χ4v) is 4.81. The van der Waals surface area contributed by atoms with Crippen molar-refractivity contribution in [2.45, 2.75) is 64.5 Å². The predicted octanol–water partition coefficient (Wildman–Crippen LogP) is 8.11. The molecule has 3 aromatic rings. The van der Waals surface area contributed by atoms with E-state index in [1.165, 1.54) is 0 Å². The average Bonchev–Trinajstić information content (AvgIpc) is 3.43. The SMILES string of the molecule is CCCCC(C)c1nnc(C2N=C(c3ccc(Cl)cc3Cl)N(c3ccc(Cl)cc3)C2CC)o1. The lowest BCUT2D eigenvalue weighted by Crippen LogP contribution is -2.37. The Kier molecular flexibility index (Phi) is 7.62. The molecule has 0 fully saturated rings. The molecular weight excluding hydrogens is 479 g/mol. The largest absolute Gasteiger partial charge is 0.423 e. The number of aliphatic imine (C=N–C) groups is 1. The Morgan fingerprint density at radius 2 is 1.73 bits per heavy atom. The molecule has 8 heteroatoms. The van der Waals surface area contributed by atoms with Crippen LogP contribution in [0.1, 0.15) is 75.8 Å². The quantitative estimate of drug-likeness (QED) is 0.310. The number of amidine groups is 1. The van der Waals surface area contributed by atoms with Crippen LogP contribution in [-0.4, -0.2) is 22.1 Å². The van der Waals surface area contributed by atoms with E-state index in [1.54, 1.807) is 6.07 Å². The highest BCUT2D eigenvalue weighted by molar-refractivity contribution is 6.37. The van der Waals surface area contributed by atoms with Crippen molar-refractivity contribution in [2.75, 3.05) is 4.90 Å². The lowest BCUT2D eigenvalue weighted by atomic mass is 10.0. The van der Waals surface area contributed by atoms with E-state index >= 15 is 0 Å². The molecule has 2 heterocycles. The Bertz CT molecular complexity index is 1130. The Hall–Kier alpha value is -2.08. The molecular formula is C25H27Cl3N4O. The van der Waals surface area contributed by atoms with Crippen molar-refractivity contribution in [3.63, 3.8) is 0 Å². The second kappa shape index (κ2) is 10.5. The summed E-state index contributed by atoms with van der Waals surface area (Å²) in [5.41, 5.74) is 1.77. The van der Waals surface area contributed by atoms with Crippen LogP contribution < -0.4 is 4.90 Å². The van der Waals surface area contributed by atoms with E-state index in [4.69, 9.17) is 44.2 Å². The standard InChI is InChI=1S/C25H27Cl3N4O/c1-4-6-7-15(3)24-30-31-25(33-24)22-21(5-2)32(18-11-8-16(26)9-12-18)23(29-22)19-13-10-17(27)14-20(19)28/h8-15,21-22H,4-7H2,1-3H3. The molecule has 0 N–H and O–H groups in total. The monoisotopic (exact) mass is 504 g/mol. The van der Waals surface area contributed by atoms with Crippen LogP contribution in [0.25, 0.3) is 0 Å². The molecule has 5 nitrogen and oxygen atoms in total. The van der Waals surface area contributed by atoms with Crippen molar-refractivity contribution in [1.82, 2.24) is 10.2 Å². The fourth-order valence-electron chi connectivity index (χ4n) is 4.19. The third-order valence-corrected chi connectivity index (χ3v) is 6.80. The van der Waals surface area contributed by atoms with E-state index in [-0.39, 0.29) is 18.0 Å². The maximum Gasteiger partial charge on any atom is 0.243 e. The van der Waals surface area contributed by atoms with Crippen molar-refractivity contribution in [1.29, 1.82) is 0 Å². The van der Waals surface area contributed by atoms with Gasteiger partial charge in [0, 0.05) is 27.2 Å². The summed E-state index contributed by atoms with van der Waals surface area (Å²) >= 11 is 18.9. The molecule has 0 spiro atoms. The van der Waals surface area contributed by atoms with Crippen molar-refractivity contribution >= 4 is 46.3 Å². The Balaban J connectivity index is 1.77. The number of halogens is 3. The normalized spacial score (nSPS) is 19.1. The van der Waals surface area contributed by atoms with Crippen LogP contribution in [0.4, 0.5) is 5.69 Å². The predicted molar refractivity (Wildman–Crippen MR) is 136 cm³/mol. The van der Waals surface area contributed by atoms with Crippen LogP contribution in [0.2, 0.25) is 15.1 Å². The van der Waals surface area contributed by atoms with Crippen LogP contribution in [-0.2, 0) is 0 Å². The lowest BCUT2D eigenvalue weighted by molar-refractivity contribution is 0.373. The first-order chi connectivity index (χ1) is 15.9. The summed E-state index contributed by atoms with van der Waals surface area (Å²) in [5.74, 6) is 2.16. The molecule has 0 aliphatic carbocycles. The van der Waals surface area contributed by atoms with Gasteiger partial charge in [0.05, 0.1) is 11.1 Å². The van der Waals surface area contributed by atoms with E-state index in [9.17, 15) is 0 Å². The molecule has 0 amide bonds. The van der Waals surface area contributed by atoms with E-state index in [0.29, 0.717) is 26.8 Å². The first-order valence-corrected chi connectivity index (χ1v) is 12.5. The van der Waals surface area contributed by atoms with Gasteiger partial charge in [-0.2, -0.15) is 0 Å². The van der Waals surface area contributed by atoms with Crippen molar-refractivity contribution < 1.29 is 4.42 Å². The van der Waals surface area contributed by atoms with Crippen LogP contribution in [0.5, 0.6) is 0 Å². The van der Waals surface area contributed by atoms with Gasteiger partial charge in [-0.05, 0) is 55.3 Å². The highest BCUT2D eigenvalue weighted by atomic mass is 35.5. The number of nitrogens with zero attached hydrogens (tertiary/aromatic N) is 4. The summed E-state index contributed by atoms with van der Waals surface area (Å²) in [6, 6.07) is 12.8. The highest BCUT2D eigenvalue weighted by Gasteiger charge is 2.41. The van der Waals surface area contributed by atoms with Gasteiger partial charge in [-0.3, -0.25) is 4.99 Å². The molecule has 0 saturated heterocycles. The topological polar surface area (TPSA) is 54.5 Å².